The SMILES string of the molecule is COc1ccc(NC(=O)c2cc(S(=O)(=O)N3CCN(C)CC3)ccc2C)cc1. The van der Waals surface area contributed by atoms with Crippen molar-refractivity contribution in [2.24, 2.45) is 0 Å². The van der Waals surface area contributed by atoms with Crippen molar-refractivity contribution in [2.75, 3.05) is 45.7 Å². The molecule has 0 spiro atoms. The van der Waals surface area contributed by atoms with Gasteiger partial charge in [-0.15, -0.1) is 0 Å². The van der Waals surface area contributed by atoms with E-state index in [9.17, 15) is 13.2 Å². The minimum absolute atomic E-state index is 0.141. The van der Waals surface area contributed by atoms with Gasteiger partial charge in [-0.3, -0.25) is 4.79 Å². The molecule has 1 fully saturated rings. The highest BCUT2D eigenvalue weighted by molar-refractivity contribution is 7.89. The molecule has 3 rings (SSSR count). The van der Waals surface area contributed by atoms with Gasteiger partial charge in [0.15, 0.2) is 0 Å². The Kier molecular flexibility index (Phi) is 6.02. The van der Waals surface area contributed by atoms with Crippen molar-refractivity contribution >= 4 is 21.6 Å². The minimum Gasteiger partial charge on any atom is -0.497 e. The fourth-order valence-corrected chi connectivity index (χ4v) is 4.51. The van der Waals surface area contributed by atoms with Crippen LogP contribution in [0.5, 0.6) is 5.75 Å². The van der Waals surface area contributed by atoms with Crippen molar-refractivity contribution in [1.82, 2.24) is 9.21 Å². The summed E-state index contributed by atoms with van der Waals surface area (Å²) in [5.74, 6) is 0.340. The average molecular weight is 404 g/mol. The molecule has 1 amide bonds. The molecular formula is C20H25N3O4S. The molecule has 0 aliphatic carbocycles. The Morgan fingerprint density at radius 1 is 1.04 bits per heavy atom. The van der Waals surface area contributed by atoms with Crippen LogP contribution in [0.15, 0.2) is 47.4 Å². The van der Waals surface area contributed by atoms with Crippen molar-refractivity contribution in [1.29, 1.82) is 0 Å². The monoisotopic (exact) mass is 403 g/mol. The maximum Gasteiger partial charge on any atom is 0.255 e. The van der Waals surface area contributed by atoms with Crippen molar-refractivity contribution in [2.45, 2.75) is 11.8 Å². The molecule has 2 aromatic carbocycles. The number of piperazine rings is 1. The van der Waals surface area contributed by atoms with E-state index < -0.39 is 10.0 Å². The first-order chi connectivity index (χ1) is 13.3. The highest BCUT2D eigenvalue weighted by atomic mass is 32.2. The van der Waals surface area contributed by atoms with Gasteiger partial charge in [0.05, 0.1) is 12.0 Å². The molecule has 0 bridgehead atoms. The first kappa shape index (κ1) is 20.3. The van der Waals surface area contributed by atoms with E-state index in [0.29, 0.717) is 48.7 Å². The Morgan fingerprint density at radius 3 is 2.29 bits per heavy atom. The van der Waals surface area contributed by atoms with E-state index in [1.807, 2.05) is 7.05 Å². The number of carbonyl (C=O) groups excluding carboxylic acids is 1. The second kappa shape index (κ2) is 8.30. The first-order valence-corrected chi connectivity index (χ1v) is 10.5. The van der Waals surface area contributed by atoms with Crippen LogP contribution < -0.4 is 10.1 Å². The molecule has 0 unspecified atom stereocenters. The lowest BCUT2D eigenvalue weighted by Crippen LogP contribution is -2.47. The Bertz CT molecular complexity index is 950. The second-order valence-electron chi connectivity index (χ2n) is 6.87. The molecule has 8 heteroatoms. The molecule has 7 nitrogen and oxygen atoms in total. The molecule has 1 aliphatic rings. The van der Waals surface area contributed by atoms with Gasteiger partial charge in [-0.05, 0) is 55.9 Å². The third-order valence-electron chi connectivity index (χ3n) is 4.90. The van der Waals surface area contributed by atoms with Gasteiger partial charge in [0.25, 0.3) is 5.91 Å². The number of ether oxygens (including phenoxy) is 1. The number of carbonyl (C=O) groups is 1. The maximum atomic E-state index is 13.0. The van der Waals surface area contributed by atoms with Gasteiger partial charge in [-0.25, -0.2) is 8.42 Å². The van der Waals surface area contributed by atoms with Crippen molar-refractivity contribution < 1.29 is 17.9 Å². The second-order valence-corrected chi connectivity index (χ2v) is 8.80. The number of likely N-dealkylation sites (N-methyl/N-ethyl adjacent to an activating group) is 1. The number of benzene rings is 2. The quantitative estimate of drug-likeness (QED) is 0.828. The normalized spacial score (nSPS) is 16.0. The van der Waals surface area contributed by atoms with Gasteiger partial charge in [-0.2, -0.15) is 4.31 Å². The Hall–Kier alpha value is -2.42. The number of hydrogen-bond acceptors (Lipinski definition) is 5. The lowest BCUT2D eigenvalue weighted by molar-refractivity contribution is 0.102. The van der Waals surface area contributed by atoms with E-state index in [2.05, 4.69) is 10.2 Å². The molecule has 0 radical (unpaired) electrons. The molecule has 0 aromatic heterocycles. The number of anilines is 1. The van der Waals surface area contributed by atoms with E-state index >= 15 is 0 Å². The Balaban J connectivity index is 1.83. The molecular weight excluding hydrogens is 378 g/mol. The number of nitrogens with one attached hydrogen (secondary N) is 1. The van der Waals surface area contributed by atoms with Crippen LogP contribution in [0.4, 0.5) is 5.69 Å². The maximum absolute atomic E-state index is 13.0. The number of aryl methyl sites for hydroxylation is 1. The fourth-order valence-electron chi connectivity index (χ4n) is 3.06. The number of nitrogens with zero attached hydrogens (tertiary/aromatic N) is 2. The first-order valence-electron chi connectivity index (χ1n) is 9.06. The molecule has 28 heavy (non-hydrogen) atoms. The zero-order valence-corrected chi connectivity index (χ0v) is 17.1. The number of sulfonamides is 1. The fraction of sp³-hybridized carbons (Fsp3) is 0.350. The Labute approximate surface area is 166 Å². The van der Waals surface area contributed by atoms with Crippen LogP contribution >= 0.6 is 0 Å². The summed E-state index contributed by atoms with van der Waals surface area (Å²) in [7, 11) is -0.0876. The molecule has 1 heterocycles. The number of methoxy groups -OCH3 is 1. The standard InChI is InChI=1S/C20H25N3O4S/c1-15-4-9-18(28(25,26)23-12-10-22(2)11-13-23)14-19(15)20(24)21-16-5-7-17(27-3)8-6-16/h4-9,14H,10-13H2,1-3H3,(H,21,24). The number of amides is 1. The summed E-state index contributed by atoms with van der Waals surface area (Å²) in [5.41, 5.74) is 1.66. The van der Waals surface area contributed by atoms with E-state index in [1.165, 1.54) is 10.4 Å². The Morgan fingerprint density at radius 2 is 1.68 bits per heavy atom. The summed E-state index contributed by atoms with van der Waals surface area (Å²) in [6.45, 7) is 4.06. The molecule has 2 aromatic rings. The van der Waals surface area contributed by atoms with Gasteiger partial charge in [-0.1, -0.05) is 6.07 Å². The van der Waals surface area contributed by atoms with Crippen LogP contribution in [-0.2, 0) is 10.0 Å². The van der Waals surface area contributed by atoms with Crippen LogP contribution in [0.25, 0.3) is 0 Å². The van der Waals surface area contributed by atoms with Crippen LogP contribution in [0.3, 0.4) is 0 Å². The lowest BCUT2D eigenvalue weighted by Gasteiger charge is -2.31. The van der Waals surface area contributed by atoms with Gasteiger partial charge in [0, 0.05) is 37.4 Å². The van der Waals surface area contributed by atoms with Gasteiger partial charge >= 0.3 is 0 Å². The van der Waals surface area contributed by atoms with Crippen molar-refractivity contribution in [3.63, 3.8) is 0 Å². The third-order valence-corrected chi connectivity index (χ3v) is 6.80. The van der Waals surface area contributed by atoms with Gasteiger partial charge in [0.1, 0.15) is 5.75 Å². The van der Waals surface area contributed by atoms with E-state index in [1.54, 1.807) is 50.4 Å². The highest BCUT2D eigenvalue weighted by Gasteiger charge is 2.28. The van der Waals surface area contributed by atoms with E-state index in [0.717, 1.165) is 0 Å². The average Bonchev–Trinajstić information content (AvgIpc) is 2.69. The van der Waals surface area contributed by atoms with E-state index in [-0.39, 0.29) is 10.8 Å². The lowest BCUT2D eigenvalue weighted by atomic mass is 10.1. The predicted molar refractivity (Wildman–Crippen MR) is 108 cm³/mol. The molecule has 1 saturated heterocycles. The van der Waals surface area contributed by atoms with Crippen LogP contribution in [0.2, 0.25) is 0 Å². The largest absolute Gasteiger partial charge is 0.497 e. The zero-order chi connectivity index (χ0) is 20.3. The molecule has 1 N–H and O–H groups in total. The molecule has 150 valence electrons. The summed E-state index contributed by atoms with van der Waals surface area (Å²) in [4.78, 5) is 15.0. The number of rotatable bonds is 5. The zero-order valence-electron chi connectivity index (χ0n) is 16.3. The summed E-state index contributed by atoms with van der Waals surface area (Å²) in [5, 5.41) is 2.80. The van der Waals surface area contributed by atoms with Crippen LogP contribution in [0.1, 0.15) is 15.9 Å². The summed E-state index contributed by atoms with van der Waals surface area (Å²) in [6.07, 6.45) is 0. The topological polar surface area (TPSA) is 78.9 Å². The molecule has 0 atom stereocenters. The summed E-state index contributed by atoms with van der Waals surface area (Å²) < 4.78 is 32.5. The molecule has 0 saturated carbocycles. The third kappa shape index (κ3) is 4.35. The minimum atomic E-state index is -3.63. The van der Waals surface area contributed by atoms with Crippen LogP contribution in [0, 0.1) is 6.92 Å². The number of hydrogen-bond donors (Lipinski definition) is 1. The van der Waals surface area contributed by atoms with Crippen LogP contribution in [-0.4, -0.2) is 63.9 Å². The van der Waals surface area contributed by atoms with Gasteiger partial charge < -0.3 is 15.0 Å². The summed E-state index contributed by atoms with van der Waals surface area (Å²) in [6, 6.07) is 11.7. The van der Waals surface area contributed by atoms with E-state index in [4.69, 9.17) is 4.74 Å². The molecule has 1 aliphatic heterocycles. The predicted octanol–water partition coefficient (Wildman–Crippen LogP) is 2.19. The van der Waals surface area contributed by atoms with Crippen molar-refractivity contribution in [3.05, 3.63) is 53.6 Å². The van der Waals surface area contributed by atoms with Crippen molar-refractivity contribution in [3.8, 4) is 5.75 Å². The highest BCUT2D eigenvalue weighted by Crippen LogP contribution is 2.22. The smallest absolute Gasteiger partial charge is 0.255 e. The van der Waals surface area contributed by atoms with Gasteiger partial charge in [0.2, 0.25) is 10.0 Å². The summed E-state index contributed by atoms with van der Waals surface area (Å²) >= 11 is 0.